The fourth-order valence-electron chi connectivity index (χ4n) is 4.01. The van der Waals surface area contributed by atoms with Crippen LogP contribution in [0.4, 0.5) is 24.5 Å². The molecule has 4 rings (SSSR count). The van der Waals surface area contributed by atoms with Crippen LogP contribution in [0.25, 0.3) is 0 Å². The lowest BCUT2D eigenvalue weighted by Crippen LogP contribution is -2.28. The number of nitrogens with one attached hydrogen (secondary N) is 2. The number of rotatable bonds is 6. The van der Waals surface area contributed by atoms with Gasteiger partial charge in [0.15, 0.2) is 0 Å². The molecule has 174 valence electrons. The maximum absolute atomic E-state index is 13.0. The van der Waals surface area contributed by atoms with Gasteiger partial charge in [-0.05, 0) is 66.8 Å². The van der Waals surface area contributed by atoms with Crippen molar-refractivity contribution >= 4 is 32.9 Å². The Kier molecular flexibility index (Phi) is 6.70. The largest absolute Gasteiger partial charge is 0.416 e. The third-order valence-corrected chi connectivity index (χ3v) is 7.40. The second kappa shape index (κ2) is 9.37. The second-order valence-corrected chi connectivity index (χ2v) is 10.2. The molecule has 1 aliphatic rings. The molecule has 0 bridgehead atoms. The van der Waals surface area contributed by atoms with Crippen LogP contribution in [-0.4, -0.2) is 17.3 Å². The lowest BCUT2D eigenvalue weighted by atomic mass is 10.0. The Balaban J connectivity index is 1.50. The summed E-state index contributed by atoms with van der Waals surface area (Å²) in [5, 5.41) is 0.634. The van der Waals surface area contributed by atoms with E-state index in [1.165, 1.54) is 23.3 Å². The van der Waals surface area contributed by atoms with Crippen molar-refractivity contribution in [3.05, 3.63) is 88.4 Å². The standard InChI is InChI=1S/C24H23ClF3N3OS/c25-20-12-11-18-10-9-17-5-1-2-8-22(17)31(23(18)16-20)14-4-13-30-33(29,32)21-7-3-6-19(15-21)24(26,27)28/h1-3,5-8,11-12,15-16H,4,9-10,13-14H2,(H2,29,30,32). The van der Waals surface area contributed by atoms with Crippen molar-refractivity contribution in [2.24, 2.45) is 0 Å². The predicted molar refractivity (Wildman–Crippen MR) is 125 cm³/mol. The van der Waals surface area contributed by atoms with Crippen molar-refractivity contribution in [1.29, 1.82) is 4.78 Å². The highest BCUT2D eigenvalue weighted by molar-refractivity contribution is 7.90. The zero-order valence-corrected chi connectivity index (χ0v) is 19.2. The average molecular weight is 494 g/mol. The van der Waals surface area contributed by atoms with Gasteiger partial charge in [-0.2, -0.15) is 13.2 Å². The van der Waals surface area contributed by atoms with E-state index < -0.39 is 21.7 Å². The molecular formula is C24H23ClF3N3OS. The summed E-state index contributed by atoms with van der Waals surface area (Å²) in [5.41, 5.74) is 3.55. The van der Waals surface area contributed by atoms with Gasteiger partial charge in [0.05, 0.1) is 10.5 Å². The first-order valence-corrected chi connectivity index (χ1v) is 12.4. The first-order chi connectivity index (χ1) is 15.6. The van der Waals surface area contributed by atoms with Crippen LogP contribution in [0.15, 0.2) is 71.6 Å². The van der Waals surface area contributed by atoms with E-state index in [-0.39, 0.29) is 11.4 Å². The fraction of sp³-hybridized carbons (Fsp3) is 0.250. The van der Waals surface area contributed by atoms with Crippen LogP contribution in [0, 0.1) is 4.78 Å². The number of para-hydroxylation sites is 1. The Morgan fingerprint density at radius 3 is 2.45 bits per heavy atom. The molecule has 33 heavy (non-hydrogen) atoms. The quantitative estimate of drug-likeness (QED) is 0.380. The maximum Gasteiger partial charge on any atom is 0.416 e. The number of hydrogen-bond acceptors (Lipinski definition) is 3. The highest BCUT2D eigenvalue weighted by Gasteiger charge is 2.31. The first kappa shape index (κ1) is 23.6. The van der Waals surface area contributed by atoms with E-state index in [9.17, 15) is 17.4 Å². The van der Waals surface area contributed by atoms with E-state index in [2.05, 4.69) is 21.8 Å². The van der Waals surface area contributed by atoms with Gasteiger partial charge in [0.25, 0.3) is 0 Å². The average Bonchev–Trinajstić information content (AvgIpc) is 2.93. The Bertz CT molecular complexity index is 1260. The van der Waals surface area contributed by atoms with Gasteiger partial charge >= 0.3 is 6.18 Å². The number of hydrogen-bond donors (Lipinski definition) is 2. The van der Waals surface area contributed by atoms with Gasteiger partial charge in [-0.25, -0.2) is 13.7 Å². The summed E-state index contributed by atoms with van der Waals surface area (Å²) in [7, 11) is -3.57. The summed E-state index contributed by atoms with van der Waals surface area (Å²) in [6.45, 7) is 0.766. The molecule has 0 radical (unpaired) electrons. The summed E-state index contributed by atoms with van der Waals surface area (Å²) in [6, 6.07) is 18.1. The Morgan fingerprint density at radius 2 is 1.70 bits per heavy atom. The third kappa shape index (κ3) is 5.34. The number of halogens is 4. The molecule has 0 amide bonds. The molecule has 3 aromatic carbocycles. The van der Waals surface area contributed by atoms with E-state index in [0.717, 1.165) is 36.3 Å². The molecule has 0 saturated carbocycles. The first-order valence-electron chi connectivity index (χ1n) is 10.5. The Morgan fingerprint density at radius 1 is 0.970 bits per heavy atom. The summed E-state index contributed by atoms with van der Waals surface area (Å²) >= 11 is 6.27. The van der Waals surface area contributed by atoms with Crippen LogP contribution in [0.5, 0.6) is 0 Å². The summed E-state index contributed by atoms with van der Waals surface area (Å²) in [6.07, 6.45) is -2.25. The summed E-state index contributed by atoms with van der Waals surface area (Å²) in [4.78, 5) is 1.98. The predicted octanol–water partition coefficient (Wildman–Crippen LogP) is 6.60. The molecule has 4 nitrogen and oxygen atoms in total. The maximum atomic E-state index is 13.0. The number of fused-ring (bicyclic) bond motifs is 2. The van der Waals surface area contributed by atoms with Crippen molar-refractivity contribution in [1.82, 2.24) is 4.72 Å². The highest BCUT2D eigenvalue weighted by atomic mass is 35.5. The SMILES string of the molecule is N=S(=O)(NCCCN1c2ccccc2CCc2ccc(Cl)cc21)c1cccc(C(F)(F)F)c1. The molecule has 0 saturated heterocycles. The Labute approximate surface area is 196 Å². The molecule has 0 aromatic heterocycles. The third-order valence-electron chi connectivity index (χ3n) is 5.64. The lowest BCUT2D eigenvalue weighted by molar-refractivity contribution is -0.137. The molecule has 1 unspecified atom stereocenters. The zero-order valence-electron chi connectivity index (χ0n) is 17.7. The van der Waals surface area contributed by atoms with Gasteiger partial charge in [0.2, 0.25) is 0 Å². The van der Waals surface area contributed by atoms with Crippen molar-refractivity contribution in [2.45, 2.75) is 30.3 Å². The monoisotopic (exact) mass is 493 g/mol. The zero-order chi connectivity index (χ0) is 23.6. The molecular weight excluding hydrogens is 471 g/mol. The molecule has 1 atom stereocenters. The minimum absolute atomic E-state index is 0.186. The minimum atomic E-state index is -4.56. The topological polar surface area (TPSA) is 56.2 Å². The normalized spacial score (nSPS) is 15.3. The van der Waals surface area contributed by atoms with Gasteiger partial charge in [-0.15, -0.1) is 0 Å². The second-order valence-electron chi connectivity index (χ2n) is 7.88. The molecule has 0 fully saturated rings. The van der Waals surface area contributed by atoms with E-state index in [1.807, 2.05) is 30.3 Å². The van der Waals surface area contributed by atoms with Crippen LogP contribution in [0.1, 0.15) is 23.1 Å². The van der Waals surface area contributed by atoms with Crippen LogP contribution in [-0.2, 0) is 28.9 Å². The smallest absolute Gasteiger partial charge is 0.341 e. The minimum Gasteiger partial charge on any atom is -0.341 e. The van der Waals surface area contributed by atoms with Crippen LogP contribution < -0.4 is 9.62 Å². The number of anilines is 2. The van der Waals surface area contributed by atoms with Gasteiger partial charge in [0, 0.05) is 29.5 Å². The van der Waals surface area contributed by atoms with Crippen molar-refractivity contribution in [3.63, 3.8) is 0 Å². The Hall–Kier alpha value is -2.55. The fourth-order valence-corrected chi connectivity index (χ4v) is 5.34. The van der Waals surface area contributed by atoms with E-state index in [1.54, 1.807) is 0 Å². The van der Waals surface area contributed by atoms with Crippen LogP contribution in [0.2, 0.25) is 5.02 Å². The summed E-state index contributed by atoms with van der Waals surface area (Å²) in [5.74, 6) is 0. The number of alkyl halides is 3. The number of aryl methyl sites for hydroxylation is 2. The molecule has 1 aliphatic heterocycles. The van der Waals surface area contributed by atoms with Crippen molar-refractivity contribution in [3.8, 4) is 0 Å². The van der Waals surface area contributed by atoms with Gasteiger partial charge in [-0.3, -0.25) is 0 Å². The lowest BCUT2D eigenvalue weighted by Gasteiger charge is -2.27. The van der Waals surface area contributed by atoms with Crippen molar-refractivity contribution < 1.29 is 17.4 Å². The molecule has 3 aromatic rings. The van der Waals surface area contributed by atoms with Gasteiger partial charge in [0.1, 0.15) is 9.92 Å². The molecule has 0 spiro atoms. The highest BCUT2D eigenvalue weighted by Crippen LogP contribution is 2.37. The number of nitrogens with zero attached hydrogens (tertiary/aromatic N) is 1. The van der Waals surface area contributed by atoms with Crippen LogP contribution in [0.3, 0.4) is 0 Å². The van der Waals surface area contributed by atoms with Gasteiger partial charge < -0.3 is 4.90 Å². The molecule has 1 heterocycles. The van der Waals surface area contributed by atoms with E-state index in [4.69, 9.17) is 16.4 Å². The van der Waals surface area contributed by atoms with E-state index >= 15 is 0 Å². The van der Waals surface area contributed by atoms with Gasteiger partial charge in [-0.1, -0.05) is 41.9 Å². The summed E-state index contributed by atoms with van der Waals surface area (Å²) < 4.78 is 62.5. The molecule has 2 N–H and O–H groups in total. The van der Waals surface area contributed by atoms with E-state index in [0.29, 0.717) is 18.0 Å². The van der Waals surface area contributed by atoms with Crippen molar-refractivity contribution in [2.75, 3.05) is 18.0 Å². The molecule has 9 heteroatoms. The number of benzene rings is 3. The molecule has 0 aliphatic carbocycles. The van der Waals surface area contributed by atoms with Crippen LogP contribution >= 0.6 is 11.6 Å².